The van der Waals surface area contributed by atoms with Gasteiger partial charge in [-0.3, -0.25) is 14.8 Å². The van der Waals surface area contributed by atoms with E-state index in [1.165, 1.54) is 11.3 Å². The smallest absolute Gasteiger partial charge is 0.168 e. The summed E-state index contributed by atoms with van der Waals surface area (Å²) in [5, 5.41) is 12.5. The average molecular weight is 477 g/mol. The Balaban J connectivity index is 1.31. The van der Waals surface area contributed by atoms with Gasteiger partial charge in [-0.05, 0) is 64.2 Å². The number of thioether (sulfide) groups is 1. The topological polar surface area (TPSA) is 84.8 Å². The van der Waals surface area contributed by atoms with Gasteiger partial charge in [-0.2, -0.15) is 0 Å². The minimum absolute atomic E-state index is 0.0401. The van der Waals surface area contributed by atoms with Gasteiger partial charge < -0.3 is 4.90 Å². The number of hydrogen-bond acceptors (Lipinski definition) is 9. The number of rotatable bonds is 6. The Hall–Kier alpha value is -2.75. The normalized spacial score (nSPS) is 15.2. The summed E-state index contributed by atoms with van der Waals surface area (Å²) in [6.45, 7) is 4.15. The Bertz CT molecular complexity index is 1300. The largest absolute Gasteiger partial charge is 0.306 e. The molecule has 0 amide bonds. The number of Topliss-reactive ketones (excluding diaryl/α,β-unsaturated/α-hetero) is 1. The molecule has 5 heterocycles. The van der Waals surface area contributed by atoms with Crippen LogP contribution < -0.4 is 0 Å². The van der Waals surface area contributed by atoms with E-state index in [-0.39, 0.29) is 12.2 Å². The number of nitrogens with zero attached hydrogens (tertiary/aromatic N) is 6. The van der Waals surface area contributed by atoms with Crippen molar-refractivity contribution in [2.45, 2.75) is 36.5 Å². The van der Waals surface area contributed by atoms with Gasteiger partial charge in [0.25, 0.3) is 0 Å². The second-order valence-corrected chi connectivity index (χ2v) is 10.8. The van der Waals surface area contributed by atoms with Crippen LogP contribution in [0.1, 0.15) is 33.9 Å². The molecule has 33 heavy (non-hydrogen) atoms. The van der Waals surface area contributed by atoms with E-state index in [0.29, 0.717) is 10.8 Å². The molecule has 4 aromatic rings. The standard InChI is InChI=1S/C24H24N6OS2/c1-15-28-29-24(32-15)18-9-17-10-19(26-14-21(17)27-13-18)12-22(31)16-3-6-25-23(11-16)33-20-4-7-30(2)8-5-20/h3,6,9-11,13-14,20H,4-5,7-8,12H2,1-2H3. The highest BCUT2D eigenvalue weighted by Crippen LogP contribution is 2.29. The molecule has 1 aliphatic heterocycles. The fourth-order valence-corrected chi connectivity index (χ4v) is 5.67. The molecule has 168 valence electrons. The lowest BCUT2D eigenvalue weighted by Crippen LogP contribution is -2.31. The highest BCUT2D eigenvalue weighted by atomic mass is 32.2. The van der Waals surface area contributed by atoms with Crippen LogP contribution in [0.25, 0.3) is 21.5 Å². The van der Waals surface area contributed by atoms with Crippen LogP contribution in [0.3, 0.4) is 0 Å². The lowest BCUT2D eigenvalue weighted by molar-refractivity contribution is 0.0991. The van der Waals surface area contributed by atoms with Crippen molar-refractivity contribution < 1.29 is 4.79 Å². The van der Waals surface area contributed by atoms with Crippen molar-refractivity contribution in [1.29, 1.82) is 0 Å². The number of piperidine rings is 1. The van der Waals surface area contributed by atoms with Gasteiger partial charge in [0, 0.05) is 39.9 Å². The number of carbonyl (C=O) groups is 1. The van der Waals surface area contributed by atoms with Gasteiger partial charge in [0.2, 0.25) is 0 Å². The average Bonchev–Trinajstić information content (AvgIpc) is 3.26. The van der Waals surface area contributed by atoms with Crippen molar-refractivity contribution in [3.05, 3.63) is 59.1 Å². The molecule has 4 aromatic heterocycles. The van der Waals surface area contributed by atoms with Gasteiger partial charge in [-0.1, -0.05) is 11.3 Å². The zero-order valence-corrected chi connectivity index (χ0v) is 20.2. The Morgan fingerprint density at radius 2 is 1.97 bits per heavy atom. The number of hydrogen-bond donors (Lipinski definition) is 0. The molecule has 0 atom stereocenters. The molecular formula is C24H24N6OS2. The SMILES string of the molecule is Cc1nnc(-c2cnc3cnc(CC(=O)c4ccnc(SC5CCN(C)CC5)c4)cc3c2)s1. The fraction of sp³-hybridized carbons (Fsp3) is 0.333. The third-order valence-electron chi connectivity index (χ3n) is 5.75. The van der Waals surface area contributed by atoms with E-state index < -0.39 is 0 Å². The zero-order valence-electron chi connectivity index (χ0n) is 18.6. The Morgan fingerprint density at radius 1 is 1.12 bits per heavy atom. The monoisotopic (exact) mass is 476 g/mol. The van der Waals surface area contributed by atoms with E-state index in [0.717, 1.165) is 63.1 Å². The Kier molecular flexibility index (Phi) is 6.43. The highest BCUT2D eigenvalue weighted by Gasteiger charge is 2.19. The highest BCUT2D eigenvalue weighted by molar-refractivity contribution is 7.99. The first-order valence-electron chi connectivity index (χ1n) is 10.9. The molecular weight excluding hydrogens is 452 g/mol. The molecule has 7 nitrogen and oxygen atoms in total. The maximum atomic E-state index is 13.0. The summed E-state index contributed by atoms with van der Waals surface area (Å²) in [7, 11) is 2.16. The number of likely N-dealkylation sites (tertiary alicyclic amines) is 1. The number of carbonyl (C=O) groups excluding carboxylic acids is 1. The molecule has 0 aromatic carbocycles. The molecule has 0 radical (unpaired) electrons. The fourth-order valence-electron chi connectivity index (χ4n) is 3.89. The van der Waals surface area contributed by atoms with Crippen LogP contribution in [0.2, 0.25) is 0 Å². The summed E-state index contributed by atoms with van der Waals surface area (Å²) < 4.78 is 0. The zero-order chi connectivity index (χ0) is 22.8. The molecule has 1 saturated heterocycles. The van der Waals surface area contributed by atoms with E-state index in [4.69, 9.17) is 0 Å². The van der Waals surface area contributed by atoms with E-state index >= 15 is 0 Å². The number of ketones is 1. The van der Waals surface area contributed by atoms with Crippen molar-refractivity contribution in [1.82, 2.24) is 30.0 Å². The van der Waals surface area contributed by atoms with E-state index in [9.17, 15) is 4.79 Å². The molecule has 0 unspecified atom stereocenters. The van der Waals surface area contributed by atoms with E-state index in [1.807, 2.05) is 25.1 Å². The van der Waals surface area contributed by atoms with Crippen molar-refractivity contribution in [2.24, 2.45) is 0 Å². The second-order valence-electron chi connectivity index (χ2n) is 8.32. The number of pyridine rings is 3. The maximum absolute atomic E-state index is 13.0. The summed E-state index contributed by atoms with van der Waals surface area (Å²) in [6.07, 6.45) is 7.78. The molecule has 0 spiro atoms. The van der Waals surface area contributed by atoms with Crippen LogP contribution in [0, 0.1) is 6.92 Å². The van der Waals surface area contributed by atoms with E-state index in [1.54, 1.807) is 36.4 Å². The third kappa shape index (κ3) is 5.26. The first-order chi connectivity index (χ1) is 16.0. The molecule has 1 fully saturated rings. The second kappa shape index (κ2) is 9.62. The van der Waals surface area contributed by atoms with Gasteiger partial charge >= 0.3 is 0 Å². The van der Waals surface area contributed by atoms with E-state index in [2.05, 4.69) is 37.1 Å². The van der Waals surface area contributed by atoms with Crippen LogP contribution >= 0.6 is 23.1 Å². The third-order valence-corrected chi connectivity index (χ3v) is 7.91. The van der Waals surface area contributed by atoms with Gasteiger partial charge in [0.1, 0.15) is 10.0 Å². The predicted octanol–water partition coefficient (Wildman–Crippen LogP) is 4.46. The lowest BCUT2D eigenvalue weighted by Gasteiger charge is -2.28. The van der Waals surface area contributed by atoms with Gasteiger partial charge in [-0.15, -0.1) is 22.0 Å². The van der Waals surface area contributed by atoms with Crippen LogP contribution in [0.5, 0.6) is 0 Å². The Labute approximate surface area is 200 Å². The molecule has 1 aliphatic rings. The first-order valence-corrected chi connectivity index (χ1v) is 12.6. The summed E-state index contributed by atoms with van der Waals surface area (Å²) in [5.41, 5.74) is 3.11. The molecule has 0 saturated carbocycles. The minimum Gasteiger partial charge on any atom is -0.306 e. The number of aromatic nitrogens is 5. The molecule has 5 rings (SSSR count). The van der Waals surface area contributed by atoms with Crippen molar-refractivity contribution >= 4 is 39.8 Å². The Morgan fingerprint density at radius 3 is 2.76 bits per heavy atom. The van der Waals surface area contributed by atoms with Crippen molar-refractivity contribution in [2.75, 3.05) is 20.1 Å². The van der Waals surface area contributed by atoms with Crippen LogP contribution in [-0.2, 0) is 6.42 Å². The molecule has 9 heteroatoms. The summed E-state index contributed by atoms with van der Waals surface area (Å²) >= 11 is 3.32. The van der Waals surface area contributed by atoms with Crippen LogP contribution in [0.15, 0.2) is 47.9 Å². The summed E-state index contributed by atoms with van der Waals surface area (Å²) in [5.74, 6) is 0.0401. The van der Waals surface area contributed by atoms with Gasteiger partial charge in [0.15, 0.2) is 5.78 Å². The summed E-state index contributed by atoms with van der Waals surface area (Å²) in [6, 6.07) is 7.68. The maximum Gasteiger partial charge on any atom is 0.168 e. The quantitative estimate of drug-likeness (QED) is 0.377. The predicted molar refractivity (Wildman–Crippen MR) is 132 cm³/mol. The number of fused-ring (bicyclic) bond motifs is 1. The molecule has 0 aliphatic carbocycles. The lowest BCUT2D eigenvalue weighted by atomic mass is 10.1. The van der Waals surface area contributed by atoms with Gasteiger partial charge in [0.05, 0.1) is 23.2 Å². The van der Waals surface area contributed by atoms with Crippen molar-refractivity contribution in [3.8, 4) is 10.6 Å². The minimum atomic E-state index is 0.0401. The molecule has 0 N–H and O–H groups in total. The van der Waals surface area contributed by atoms with Gasteiger partial charge in [-0.25, -0.2) is 4.98 Å². The number of aryl methyl sites for hydroxylation is 1. The van der Waals surface area contributed by atoms with Crippen LogP contribution in [-0.4, -0.2) is 61.2 Å². The van der Waals surface area contributed by atoms with Crippen LogP contribution in [0.4, 0.5) is 0 Å². The summed E-state index contributed by atoms with van der Waals surface area (Å²) in [4.78, 5) is 28.8. The van der Waals surface area contributed by atoms with Crippen molar-refractivity contribution in [3.63, 3.8) is 0 Å². The first kappa shape index (κ1) is 22.1. The molecule has 0 bridgehead atoms.